The van der Waals surface area contributed by atoms with Crippen LogP contribution in [0, 0.1) is 11.8 Å². The van der Waals surface area contributed by atoms with E-state index in [2.05, 4.69) is 6.92 Å². The Hall–Kier alpha value is -0.250. The third kappa shape index (κ3) is 4.86. The SMILES string of the molecule is CCCCCC(O)C1CCCC(C(F)(F)F)C1. The van der Waals surface area contributed by atoms with Crippen LogP contribution >= 0.6 is 0 Å². The summed E-state index contributed by atoms with van der Waals surface area (Å²) in [4.78, 5) is 0. The van der Waals surface area contributed by atoms with E-state index in [0.29, 0.717) is 12.8 Å². The quantitative estimate of drug-likeness (QED) is 0.723. The van der Waals surface area contributed by atoms with Crippen molar-refractivity contribution in [3.8, 4) is 0 Å². The molecule has 1 nitrogen and oxygen atoms in total. The number of rotatable bonds is 5. The number of halogens is 3. The fourth-order valence-electron chi connectivity index (χ4n) is 2.71. The fourth-order valence-corrected chi connectivity index (χ4v) is 2.71. The molecule has 0 aliphatic heterocycles. The summed E-state index contributed by atoms with van der Waals surface area (Å²) < 4.78 is 37.8. The average molecular weight is 252 g/mol. The minimum absolute atomic E-state index is 0.122. The van der Waals surface area contributed by atoms with Crippen LogP contribution < -0.4 is 0 Å². The van der Waals surface area contributed by atoms with Crippen molar-refractivity contribution < 1.29 is 18.3 Å². The monoisotopic (exact) mass is 252 g/mol. The zero-order chi connectivity index (χ0) is 12.9. The number of aliphatic hydroxyl groups excluding tert-OH is 1. The number of hydrogen-bond donors (Lipinski definition) is 1. The zero-order valence-corrected chi connectivity index (χ0v) is 10.5. The Morgan fingerprint density at radius 1 is 1.24 bits per heavy atom. The van der Waals surface area contributed by atoms with Crippen LogP contribution in [0.2, 0.25) is 0 Å². The Morgan fingerprint density at radius 3 is 2.53 bits per heavy atom. The van der Waals surface area contributed by atoms with Gasteiger partial charge in [0.15, 0.2) is 0 Å². The van der Waals surface area contributed by atoms with Gasteiger partial charge >= 0.3 is 6.18 Å². The lowest BCUT2D eigenvalue weighted by Crippen LogP contribution is -2.33. The van der Waals surface area contributed by atoms with Crippen LogP contribution in [0.5, 0.6) is 0 Å². The number of aliphatic hydroxyl groups is 1. The Balaban J connectivity index is 2.38. The number of hydrogen-bond acceptors (Lipinski definition) is 1. The highest BCUT2D eigenvalue weighted by molar-refractivity contribution is 4.81. The van der Waals surface area contributed by atoms with Crippen molar-refractivity contribution in [2.45, 2.75) is 70.6 Å². The van der Waals surface area contributed by atoms with E-state index in [1.807, 2.05) is 0 Å². The molecule has 0 aromatic heterocycles. The molecule has 0 saturated heterocycles. The summed E-state index contributed by atoms with van der Waals surface area (Å²) in [6.45, 7) is 2.08. The summed E-state index contributed by atoms with van der Waals surface area (Å²) in [6.07, 6.45) is 0.787. The normalized spacial score (nSPS) is 28.1. The highest BCUT2D eigenvalue weighted by atomic mass is 19.4. The van der Waals surface area contributed by atoms with E-state index in [4.69, 9.17) is 0 Å². The smallest absolute Gasteiger partial charge is 0.391 e. The van der Waals surface area contributed by atoms with Crippen molar-refractivity contribution in [3.63, 3.8) is 0 Å². The molecule has 3 unspecified atom stereocenters. The molecule has 0 bridgehead atoms. The van der Waals surface area contributed by atoms with Crippen molar-refractivity contribution in [2.24, 2.45) is 11.8 Å². The molecule has 1 aliphatic rings. The van der Waals surface area contributed by atoms with E-state index in [1.54, 1.807) is 0 Å². The van der Waals surface area contributed by atoms with Gasteiger partial charge in [0.1, 0.15) is 0 Å². The molecule has 1 rings (SSSR count). The maximum Gasteiger partial charge on any atom is 0.391 e. The predicted molar refractivity (Wildman–Crippen MR) is 61.7 cm³/mol. The molecular formula is C13H23F3O. The van der Waals surface area contributed by atoms with Gasteiger partial charge in [-0.1, -0.05) is 32.6 Å². The van der Waals surface area contributed by atoms with Gasteiger partial charge in [-0.05, 0) is 31.6 Å². The van der Waals surface area contributed by atoms with Crippen molar-refractivity contribution in [1.82, 2.24) is 0 Å². The van der Waals surface area contributed by atoms with Gasteiger partial charge in [0.05, 0.1) is 12.0 Å². The molecule has 0 spiro atoms. The topological polar surface area (TPSA) is 20.2 Å². The Morgan fingerprint density at radius 2 is 1.94 bits per heavy atom. The first-order chi connectivity index (χ1) is 7.95. The summed E-state index contributed by atoms with van der Waals surface area (Å²) in [6, 6.07) is 0. The molecule has 3 atom stereocenters. The van der Waals surface area contributed by atoms with E-state index >= 15 is 0 Å². The standard InChI is InChI=1S/C13H23F3O/c1-2-3-4-8-12(17)10-6-5-7-11(9-10)13(14,15)16/h10-12,17H,2-9H2,1H3. The molecule has 0 radical (unpaired) electrons. The molecule has 102 valence electrons. The molecule has 0 amide bonds. The third-order valence-corrected chi connectivity index (χ3v) is 3.83. The summed E-state index contributed by atoms with van der Waals surface area (Å²) in [5, 5.41) is 9.92. The van der Waals surface area contributed by atoms with Crippen LogP contribution in [0.3, 0.4) is 0 Å². The summed E-state index contributed by atoms with van der Waals surface area (Å²) in [5.41, 5.74) is 0. The second kappa shape index (κ2) is 6.62. The van der Waals surface area contributed by atoms with Crippen LogP contribution in [-0.2, 0) is 0 Å². The van der Waals surface area contributed by atoms with E-state index < -0.39 is 18.2 Å². The van der Waals surface area contributed by atoms with Gasteiger partial charge in [-0.3, -0.25) is 0 Å². The van der Waals surface area contributed by atoms with Gasteiger partial charge in [0, 0.05) is 0 Å². The molecule has 0 aromatic rings. The Kier molecular flexibility index (Phi) is 5.77. The van der Waals surface area contributed by atoms with Crippen LogP contribution in [0.15, 0.2) is 0 Å². The summed E-state index contributed by atoms with van der Waals surface area (Å²) >= 11 is 0. The predicted octanol–water partition coefficient (Wildman–Crippen LogP) is 4.30. The first-order valence-electron chi connectivity index (χ1n) is 6.70. The van der Waals surface area contributed by atoms with Crippen molar-refractivity contribution in [1.29, 1.82) is 0 Å². The first kappa shape index (κ1) is 14.8. The number of unbranched alkanes of at least 4 members (excludes halogenated alkanes) is 2. The first-order valence-corrected chi connectivity index (χ1v) is 6.70. The zero-order valence-electron chi connectivity index (χ0n) is 10.5. The van der Waals surface area contributed by atoms with Gasteiger partial charge in [0.25, 0.3) is 0 Å². The van der Waals surface area contributed by atoms with Gasteiger partial charge in [-0.15, -0.1) is 0 Å². The summed E-state index contributed by atoms with van der Waals surface area (Å²) in [5.74, 6) is -1.34. The molecule has 4 heteroatoms. The van der Waals surface area contributed by atoms with E-state index in [1.165, 1.54) is 0 Å². The van der Waals surface area contributed by atoms with Crippen molar-refractivity contribution in [2.75, 3.05) is 0 Å². The van der Waals surface area contributed by atoms with Crippen LogP contribution in [0.4, 0.5) is 13.2 Å². The van der Waals surface area contributed by atoms with Crippen LogP contribution in [0.1, 0.15) is 58.3 Å². The van der Waals surface area contributed by atoms with Gasteiger partial charge < -0.3 is 5.11 Å². The van der Waals surface area contributed by atoms with E-state index in [0.717, 1.165) is 25.7 Å². The van der Waals surface area contributed by atoms with Crippen LogP contribution in [-0.4, -0.2) is 17.4 Å². The highest BCUT2D eigenvalue weighted by Crippen LogP contribution is 2.41. The molecule has 1 aliphatic carbocycles. The molecule has 0 aromatic carbocycles. The van der Waals surface area contributed by atoms with Crippen LogP contribution in [0.25, 0.3) is 0 Å². The van der Waals surface area contributed by atoms with Gasteiger partial charge in [-0.2, -0.15) is 13.2 Å². The average Bonchev–Trinajstić information content (AvgIpc) is 2.28. The Bertz CT molecular complexity index is 215. The van der Waals surface area contributed by atoms with Crippen molar-refractivity contribution in [3.05, 3.63) is 0 Å². The lowest BCUT2D eigenvalue weighted by molar-refractivity contribution is -0.188. The van der Waals surface area contributed by atoms with E-state index in [9.17, 15) is 18.3 Å². The maximum absolute atomic E-state index is 12.6. The van der Waals surface area contributed by atoms with Gasteiger partial charge in [0.2, 0.25) is 0 Å². The maximum atomic E-state index is 12.6. The molecule has 1 fully saturated rings. The highest BCUT2D eigenvalue weighted by Gasteiger charge is 2.43. The second-order valence-corrected chi connectivity index (χ2v) is 5.23. The minimum atomic E-state index is -4.08. The molecular weight excluding hydrogens is 229 g/mol. The molecule has 0 heterocycles. The Labute approximate surface area is 101 Å². The van der Waals surface area contributed by atoms with E-state index in [-0.39, 0.29) is 18.8 Å². The molecule has 17 heavy (non-hydrogen) atoms. The minimum Gasteiger partial charge on any atom is -0.393 e. The third-order valence-electron chi connectivity index (χ3n) is 3.83. The van der Waals surface area contributed by atoms with Gasteiger partial charge in [-0.25, -0.2) is 0 Å². The molecule has 1 N–H and O–H groups in total. The lowest BCUT2D eigenvalue weighted by Gasteiger charge is -2.33. The second-order valence-electron chi connectivity index (χ2n) is 5.23. The van der Waals surface area contributed by atoms with Crippen molar-refractivity contribution >= 4 is 0 Å². The fraction of sp³-hybridized carbons (Fsp3) is 1.00. The largest absolute Gasteiger partial charge is 0.393 e. The summed E-state index contributed by atoms with van der Waals surface area (Å²) in [7, 11) is 0. The number of alkyl halides is 3. The lowest BCUT2D eigenvalue weighted by atomic mass is 9.77. The molecule has 1 saturated carbocycles.